The van der Waals surface area contributed by atoms with Crippen LogP contribution in [0.3, 0.4) is 0 Å². The molecule has 1 amide bonds. The second-order valence-electron chi connectivity index (χ2n) is 5.50. The van der Waals surface area contributed by atoms with Crippen molar-refractivity contribution in [2.75, 3.05) is 6.54 Å². The van der Waals surface area contributed by atoms with Gasteiger partial charge in [-0.25, -0.2) is 0 Å². The number of nitrogens with zero attached hydrogens (tertiary/aromatic N) is 1. The first-order valence-corrected chi connectivity index (χ1v) is 7.12. The fourth-order valence-electron chi connectivity index (χ4n) is 2.92. The predicted octanol–water partition coefficient (Wildman–Crippen LogP) is 3.75. The Hall–Kier alpha value is -2.09. The molecule has 0 spiro atoms. The van der Waals surface area contributed by atoms with Gasteiger partial charge in [0, 0.05) is 12.1 Å². The molecule has 2 nitrogen and oxygen atoms in total. The highest BCUT2D eigenvalue weighted by molar-refractivity contribution is 5.97. The van der Waals surface area contributed by atoms with Crippen LogP contribution >= 0.6 is 0 Å². The summed E-state index contributed by atoms with van der Waals surface area (Å²) >= 11 is 0. The number of rotatable bonds is 2. The zero-order chi connectivity index (χ0) is 14.1. The van der Waals surface area contributed by atoms with Crippen LogP contribution in [-0.4, -0.2) is 17.4 Å². The van der Waals surface area contributed by atoms with E-state index in [-0.39, 0.29) is 11.9 Å². The predicted molar refractivity (Wildman–Crippen MR) is 80.8 cm³/mol. The molecule has 0 N–H and O–H groups in total. The Morgan fingerprint density at radius 3 is 2.60 bits per heavy atom. The highest BCUT2D eigenvalue weighted by Crippen LogP contribution is 2.27. The van der Waals surface area contributed by atoms with E-state index in [0.29, 0.717) is 0 Å². The van der Waals surface area contributed by atoms with Gasteiger partial charge in [-0.15, -0.1) is 0 Å². The van der Waals surface area contributed by atoms with E-state index in [2.05, 4.69) is 32.0 Å². The van der Waals surface area contributed by atoms with Gasteiger partial charge >= 0.3 is 0 Å². The molecule has 3 rings (SSSR count). The summed E-state index contributed by atoms with van der Waals surface area (Å²) in [7, 11) is 0. The number of carbonyl (C=O) groups excluding carboxylic acids is 1. The van der Waals surface area contributed by atoms with E-state index in [1.54, 1.807) is 0 Å². The van der Waals surface area contributed by atoms with Crippen molar-refractivity contribution >= 4 is 5.91 Å². The maximum absolute atomic E-state index is 12.7. The molecule has 0 radical (unpaired) electrons. The molecule has 0 aromatic heterocycles. The maximum Gasteiger partial charge on any atom is 0.254 e. The van der Waals surface area contributed by atoms with Gasteiger partial charge in [0.15, 0.2) is 0 Å². The average Bonchev–Trinajstić information content (AvgIpc) is 2.48. The van der Waals surface area contributed by atoms with Gasteiger partial charge < -0.3 is 4.90 Å². The van der Waals surface area contributed by atoms with Gasteiger partial charge in [-0.2, -0.15) is 0 Å². The lowest BCUT2D eigenvalue weighted by Crippen LogP contribution is -2.39. The Balaban J connectivity index is 1.91. The van der Waals surface area contributed by atoms with Crippen LogP contribution in [0.15, 0.2) is 48.5 Å². The van der Waals surface area contributed by atoms with Gasteiger partial charge in [-0.1, -0.05) is 48.0 Å². The van der Waals surface area contributed by atoms with E-state index >= 15 is 0 Å². The second kappa shape index (κ2) is 5.12. The lowest BCUT2D eigenvalue weighted by molar-refractivity contribution is 0.0673. The van der Waals surface area contributed by atoms with Crippen molar-refractivity contribution in [1.82, 2.24) is 4.90 Å². The smallest absolute Gasteiger partial charge is 0.254 e. The number of amides is 1. The average molecular weight is 265 g/mol. The van der Waals surface area contributed by atoms with Gasteiger partial charge in [0.2, 0.25) is 0 Å². The molecule has 0 saturated heterocycles. The SMILES string of the molecule is Cc1ccc2c(c1)CCN(C(C)c1ccccc1)C2=O. The van der Waals surface area contributed by atoms with E-state index in [9.17, 15) is 4.79 Å². The van der Waals surface area contributed by atoms with Crippen LogP contribution < -0.4 is 0 Å². The number of hydrogen-bond donors (Lipinski definition) is 0. The Kier molecular flexibility index (Phi) is 3.31. The Bertz CT molecular complexity index is 633. The third-order valence-corrected chi connectivity index (χ3v) is 4.12. The fourth-order valence-corrected chi connectivity index (χ4v) is 2.92. The molecule has 20 heavy (non-hydrogen) atoms. The molecular formula is C18H19NO. The summed E-state index contributed by atoms with van der Waals surface area (Å²) in [5.41, 5.74) is 4.47. The van der Waals surface area contributed by atoms with Crippen LogP contribution in [0.1, 0.15) is 40.0 Å². The minimum atomic E-state index is 0.123. The summed E-state index contributed by atoms with van der Waals surface area (Å²) in [4.78, 5) is 14.6. The molecule has 0 aliphatic carbocycles. The third-order valence-electron chi connectivity index (χ3n) is 4.12. The van der Waals surface area contributed by atoms with Gasteiger partial charge in [-0.3, -0.25) is 4.79 Å². The zero-order valence-electron chi connectivity index (χ0n) is 12.0. The Morgan fingerprint density at radius 2 is 1.85 bits per heavy atom. The second-order valence-corrected chi connectivity index (χ2v) is 5.50. The van der Waals surface area contributed by atoms with E-state index in [1.165, 1.54) is 16.7 Å². The van der Waals surface area contributed by atoms with Crippen LogP contribution in [0.25, 0.3) is 0 Å². The van der Waals surface area contributed by atoms with Crippen LogP contribution in [0.2, 0.25) is 0 Å². The van der Waals surface area contributed by atoms with Crippen LogP contribution in [0, 0.1) is 6.92 Å². The zero-order valence-corrected chi connectivity index (χ0v) is 12.0. The van der Waals surface area contributed by atoms with Gasteiger partial charge in [0.1, 0.15) is 0 Å². The first-order chi connectivity index (χ1) is 9.66. The molecule has 1 aliphatic heterocycles. The largest absolute Gasteiger partial charge is 0.332 e. The molecule has 0 fully saturated rings. The van der Waals surface area contributed by atoms with E-state index in [0.717, 1.165) is 18.5 Å². The molecule has 0 saturated carbocycles. The lowest BCUT2D eigenvalue weighted by Gasteiger charge is -2.34. The van der Waals surface area contributed by atoms with Crippen molar-refractivity contribution in [3.63, 3.8) is 0 Å². The van der Waals surface area contributed by atoms with Crippen molar-refractivity contribution in [3.8, 4) is 0 Å². The quantitative estimate of drug-likeness (QED) is 0.809. The number of benzene rings is 2. The number of carbonyl (C=O) groups is 1. The highest BCUT2D eigenvalue weighted by atomic mass is 16.2. The Labute approximate surface area is 120 Å². The fraction of sp³-hybridized carbons (Fsp3) is 0.278. The van der Waals surface area contributed by atoms with Crippen molar-refractivity contribution in [3.05, 3.63) is 70.8 Å². The van der Waals surface area contributed by atoms with Crippen LogP contribution in [-0.2, 0) is 6.42 Å². The third kappa shape index (κ3) is 2.22. The molecule has 102 valence electrons. The standard InChI is InChI=1S/C18H19NO/c1-13-8-9-17-16(12-13)10-11-19(18(17)20)14(2)15-6-4-3-5-7-15/h3-9,12,14H,10-11H2,1-2H3. The molecule has 2 heteroatoms. The summed E-state index contributed by atoms with van der Waals surface area (Å²) in [5, 5.41) is 0. The topological polar surface area (TPSA) is 20.3 Å². The highest BCUT2D eigenvalue weighted by Gasteiger charge is 2.28. The first kappa shape index (κ1) is 12.9. The molecule has 1 aliphatic rings. The summed E-state index contributed by atoms with van der Waals surface area (Å²) in [6.07, 6.45) is 0.944. The molecule has 1 heterocycles. The van der Waals surface area contributed by atoms with Crippen molar-refractivity contribution in [1.29, 1.82) is 0 Å². The molecular weight excluding hydrogens is 246 g/mol. The van der Waals surface area contributed by atoms with Gasteiger partial charge in [0.05, 0.1) is 6.04 Å². The molecule has 1 unspecified atom stereocenters. The monoisotopic (exact) mass is 265 g/mol. The molecule has 1 atom stereocenters. The van der Waals surface area contributed by atoms with Crippen molar-refractivity contribution in [2.24, 2.45) is 0 Å². The van der Waals surface area contributed by atoms with E-state index in [4.69, 9.17) is 0 Å². The minimum absolute atomic E-state index is 0.123. The number of fused-ring (bicyclic) bond motifs is 1. The molecule has 0 bridgehead atoms. The minimum Gasteiger partial charge on any atom is -0.332 e. The molecule has 2 aromatic carbocycles. The normalized spacial score (nSPS) is 15.9. The molecule has 2 aromatic rings. The first-order valence-electron chi connectivity index (χ1n) is 7.12. The number of aryl methyl sites for hydroxylation is 1. The van der Waals surface area contributed by atoms with E-state index in [1.807, 2.05) is 35.2 Å². The lowest BCUT2D eigenvalue weighted by atomic mass is 9.95. The Morgan fingerprint density at radius 1 is 1.10 bits per heavy atom. The van der Waals surface area contributed by atoms with Crippen LogP contribution in [0.5, 0.6) is 0 Å². The summed E-state index contributed by atoms with van der Waals surface area (Å²) in [6, 6.07) is 16.5. The van der Waals surface area contributed by atoms with Crippen molar-refractivity contribution < 1.29 is 4.79 Å². The van der Waals surface area contributed by atoms with Crippen LogP contribution in [0.4, 0.5) is 0 Å². The summed E-state index contributed by atoms with van der Waals surface area (Å²) < 4.78 is 0. The van der Waals surface area contributed by atoms with Gasteiger partial charge in [0.25, 0.3) is 5.91 Å². The van der Waals surface area contributed by atoms with E-state index < -0.39 is 0 Å². The van der Waals surface area contributed by atoms with Crippen molar-refractivity contribution in [2.45, 2.75) is 26.3 Å². The maximum atomic E-state index is 12.7. The summed E-state index contributed by atoms with van der Waals surface area (Å²) in [6.45, 7) is 4.97. The van der Waals surface area contributed by atoms with Gasteiger partial charge in [-0.05, 0) is 37.5 Å². The summed E-state index contributed by atoms with van der Waals surface area (Å²) in [5.74, 6) is 0.155. The number of hydrogen-bond acceptors (Lipinski definition) is 1.